The van der Waals surface area contributed by atoms with Crippen molar-refractivity contribution in [3.05, 3.63) is 52.8 Å². The van der Waals surface area contributed by atoms with Crippen LogP contribution >= 0.6 is 0 Å². The van der Waals surface area contributed by atoms with Crippen LogP contribution in [-0.4, -0.2) is 10.2 Å². The van der Waals surface area contributed by atoms with Gasteiger partial charge in [-0.25, -0.2) is 0 Å². The standard InChI is InChI=1S/C17H25N3/c1-12(2)9-15-5-7-16(8-6-15)13(3)18-10-17-11-19-20-14(17)4/h5-8,11-13,18H,9-10H2,1-4H3,(H,19,20). The van der Waals surface area contributed by atoms with Crippen molar-refractivity contribution >= 4 is 0 Å². The lowest BCUT2D eigenvalue weighted by molar-refractivity contribution is 0.573. The first-order chi connectivity index (χ1) is 9.56. The summed E-state index contributed by atoms with van der Waals surface area (Å²) in [4.78, 5) is 0. The molecule has 1 atom stereocenters. The summed E-state index contributed by atoms with van der Waals surface area (Å²) in [5.41, 5.74) is 5.12. The first kappa shape index (κ1) is 14.8. The van der Waals surface area contributed by atoms with E-state index >= 15 is 0 Å². The van der Waals surface area contributed by atoms with Crippen LogP contribution in [0.4, 0.5) is 0 Å². The second kappa shape index (κ2) is 6.71. The van der Waals surface area contributed by atoms with Gasteiger partial charge in [0.25, 0.3) is 0 Å². The van der Waals surface area contributed by atoms with Gasteiger partial charge in [-0.05, 0) is 37.3 Å². The maximum absolute atomic E-state index is 4.05. The van der Waals surface area contributed by atoms with Crippen molar-refractivity contribution in [2.45, 2.75) is 46.7 Å². The topological polar surface area (TPSA) is 40.7 Å². The maximum Gasteiger partial charge on any atom is 0.0535 e. The van der Waals surface area contributed by atoms with Crippen LogP contribution in [0.25, 0.3) is 0 Å². The quantitative estimate of drug-likeness (QED) is 0.839. The zero-order valence-corrected chi connectivity index (χ0v) is 12.9. The highest BCUT2D eigenvalue weighted by Gasteiger charge is 2.07. The third-order valence-electron chi connectivity index (χ3n) is 3.66. The Morgan fingerprint density at radius 2 is 1.85 bits per heavy atom. The molecule has 0 saturated carbocycles. The van der Waals surface area contributed by atoms with E-state index in [1.807, 2.05) is 6.20 Å². The number of nitrogens with one attached hydrogen (secondary N) is 2. The van der Waals surface area contributed by atoms with Crippen molar-refractivity contribution < 1.29 is 0 Å². The number of aryl methyl sites for hydroxylation is 1. The first-order valence-electron chi connectivity index (χ1n) is 7.37. The number of aromatic nitrogens is 2. The fraction of sp³-hybridized carbons (Fsp3) is 0.471. The first-order valence-corrected chi connectivity index (χ1v) is 7.37. The Hall–Kier alpha value is -1.61. The molecule has 0 spiro atoms. The lowest BCUT2D eigenvalue weighted by atomic mass is 10.00. The number of H-pyrrole nitrogens is 1. The van der Waals surface area contributed by atoms with Crippen LogP contribution in [0, 0.1) is 12.8 Å². The predicted molar refractivity (Wildman–Crippen MR) is 83.6 cm³/mol. The summed E-state index contributed by atoms with van der Waals surface area (Å²) in [6.45, 7) is 9.61. The van der Waals surface area contributed by atoms with E-state index in [9.17, 15) is 0 Å². The summed E-state index contributed by atoms with van der Waals surface area (Å²) in [7, 11) is 0. The molecule has 0 aliphatic rings. The Balaban J connectivity index is 1.92. The molecule has 0 fully saturated rings. The molecule has 3 heteroatoms. The molecular formula is C17H25N3. The largest absolute Gasteiger partial charge is 0.306 e. The summed E-state index contributed by atoms with van der Waals surface area (Å²) in [5, 5.41) is 10.6. The lowest BCUT2D eigenvalue weighted by Crippen LogP contribution is -2.18. The number of hydrogen-bond donors (Lipinski definition) is 2. The van der Waals surface area contributed by atoms with E-state index < -0.39 is 0 Å². The van der Waals surface area contributed by atoms with Crippen LogP contribution in [0.1, 0.15) is 49.2 Å². The van der Waals surface area contributed by atoms with Gasteiger partial charge in [-0.15, -0.1) is 0 Å². The summed E-state index contributed by atoms with van der Waals surface area (Å²) in [6, 6.07) is 9.31. The summed E-state index contributed by atoms with van der Waals surface area (Å²) in [6.07, 6.45) is 3.04. The number of aromatic amines is 1. The highest BCUT2D eigenvalue weighted by molar-refractivity contribution is 5.25. The minimum Gasteiger partial charge on any atom is -0.306 e. The molecule has 108 valence electrons. The molecule has 3 nitrogen and oxygen atoms in total. The molecule has 1 heterocycles. The Kier molecular flexibility index (Phi) is 4.96. The zero-order chi connectivity index (χ0) is 14.5. The van der Waals surface area contributed by atoms with Crippen LogP contribution in [0.3, 0.4) is 0 Å². The third kappa shape index (κ3) is 3.94. The molecule has 2 N–H and O–H groups in total. The van der Waals surface area contributed by atoms with Crippen molar-refractivity contribution in [1.82, 2.24) is 15.5 Å². The number of hydrogen-bond acceptors (Lipinski definition) is 2. The minimum absolute atomic E-state index is 0.345. The van der Waals surface area contributed by atoms with Crippen LogP contribution in [0.5, 0.6) is 0 Å². The Labute approximate surface area is 121 Å². The van der Waals surface area contributed by atoms with Crippen molar-refractivity contribution in [3.8, 4) is 0 Å². The third-order valence-corrected chi connectivity index (χ3v) is 3.66. The lowest BCUT2D eigenvalue weighted by Gasteiger charge is -2.15. The van der Waals surface area contributed by atoms with Gasteiger partial charge in [-0.1, -0.05) is 38.1 Å². The Morgan fingerprint density at radius 1 is 1.15 bits per heavy atom. The SMILES string of the molecule is Cc1[nH]ncc1CNC(C)c1ccc(CC(C)C)cc1. The predicted octanol–water partition coefficient (Wildman–Crippen LogP) is 3.77. The van der Waals surface area contributed by atoms with Gasteiger partial charge in [-0.3, -0.25) is 5.10 Å². The Bertz CT molecular complexity index is 525. The smallest absolute Gasteiger partial charge is 0.0535 e. The van der Waals surface area contributed by atoms with Gasteiger partial charge in [-0.2, -0.15) is 5.10 Å². The molecule has 0 aliphatic carbocycles. The molecule has 0 bridgehead atoms. The maximum atomic E-state index is 4.05. The van der Waals surface area contributed by atoms with Crippen molar-refractivity contribution in [2.24, 2.45) is 5.92 Å². The van der Waals surface area contributed by atoms with Gasteiger partial charge in [0.15, 0.2) is 0 Å². The highest BCUT2D eigenvalue weighted by atomic mass is 15.1. The molecule has 2 aromatic rings. The molecular weight excluding hydrogens is 246 g/mol. The fourth-order valence-electron chi connectivity index (χ4n) is 2.35. The van der Waals surface area contributed by atoms with E-state index in [4.69, 9.17) is 0 Å². The number of nitrogens with zero attached hydrogens (tertiary/aromatic N) is 1. The molecule has 0 saturated heterocycles. The molecule has 0 radical (unpaired) electrons. The zero-order valence-electron chi connectivity index (χ0n) is 12.9. The molecule has 1 aromatic carbocycles. The minimum atomic E-state index is 0.345. The average Bonchev–Trinajstić information content (AvgIpc) is 2.82. The van der Waals surface area contributed by atoms with E-state index in [2.05, 4.69) is 67.5 Å². The van der Waals surface area contributed by atoms with E-state index in [-0.39, 0.29) is 0 Å². The van der Waals surface area contributed by atoms with Gasteiger partial charge in [0.1, 0.15) is 0 Å². The second-order valence-electron chi connectivity index (χ2n) is 5.96. The molecule has 0 amide bonds. The monoisotopic (exact) mass is 271 g/mol. The molecule has 0 aliphatic heterocycles. The van der Waals surface area contributed by atoms with E-state index in [1.165, 1.54) is 16.7 Å². The van der Waals surface area contributed by atoms with Crippen LogP contribution in [-0.2, 0) is 13.0 Å². The molecule has 1 unspecified atom stereocenters. The van der Waals surface area contributed by atoms with Gasteiger partial charge in [0, 0.05) is 23.8 Å². The van der Waals surface area contributed by atoms with Crippen molar-refractivity contribution in [1.29, 1.82) is 0 Å². The second-order valence-corrected chi connectivity index (χ2v) is 5.96. The van der Waals surface area contributed by atoms with Crippen molar-refractivity contribution in [3.63, 3.8) is 0 Å². The summed E-state index contributed by atoms with van der Waals surface area (Å²) >= 11 is 0. The van der Waals surface area contributed by atoms with E-state index in [0.717, 1.165) is 18.7 Å². The van der Waals surface area contributed by atoms with Crippen LogP contribution < -0.4 is 5.32 Å². The van der Waals surface area contributed by atoms with E-state index in [0.29, 0.717) is 12.0 Å². The average molecular weight is 271 g/mol. The van der Waals surface area contributed by atoms with Gasteiger partial charge < -0.3 is 5.32 Å². The summed E-state index contributed by atoms with van der Waals surface area (Å²) < 4.78 is 0. The number of benzene rings is 1. The number of rotatable bonds is 6. The normalized spacial score (nSPS) is 12.8. The fourth-order valence-corrected chi connectivity index (χ4v) is 2.35. The highest BCUT2D eigenvalue weighted by Crippen LogP contribution is 2.16. The van der Waals surface area contributed by atoms with Crippen LogP contribution in [0.15, 0.2) is 30.5 Å². The van der Waals surface area contributed by atoms with Crippen LogP contribution in [0.2, 0.25) is 0 Å². The Morgan fingerprint density at radius 3 is 2.40 bits per heavy atom. The molecule has 1 aromatic heterocycles. The van der Waals surface area contributed by atoms with Crippen molar-refractivity contribution in [2.75, 3.05) is 0 Å². The summed E-state index contributed by atoms with van der Waals surface area (Å²) in [5.74, 6) is 0.709. The molecule has 2 rings (SSSR count). The molecule has 20 heavy (non-hydrogen) atoms. The van der Waals surface area contributed by atoms with E-state index in [1.54, 1.807) is 0 Å². The van der Waals surface area contributed by atoms with Gasteiger partial charge in [0.05, 0.1) is 6.20 Å². The van der Waals surface area contributed by atoms with Gasteiger partial charge >= 0.3 is 0 Å². The van der Waals surface area contributed by atoms with Gasteiger partial charge in [0.2, 0.25) is 0 Å².